The molecule has 1 unspecified atom stereocenters. The number of hydrogen-bond donors (Lipinski definition) is 2. The van der Waals surface area contributed by atoms with Crippen molar-refractivity contribution in [2.45, 2.75) is 31.7 Å². The predicted molar refractivity (Wildman–Crippen MR) is 85.2 cm³/mol. The summed E-state index contributed by atoms with van der Waals surface area (Å²) in [4.78, 5) is 12.0. The van der Waals surface area contributed by atoms with E-state index in [1.54, 1.807) is 0 Å². The topological polar surface area (TPSA) is 55.1 Å². The highest BCUT2D eigenvalue weighted by Crippen LogP contribution is 2.38. The van der Waals surface area contributed by atoms with Crippen molar-refractivity contribution in [3.63, 3.8) is 0 Å². The maximum absolute atomic E-state index is 12.0. The van der Waals surface area contributed by atoms with Crippen molar-refractivity contribution in [2.75, 3.05) is 5.32 Å². The molecule has 1 amide bonds. The summed E-state index contributed by atoms with van der Waals surface area (Å²) in [6.45, 7) is 3.89. The second-order valence-electron chi connectivity index (χ2n) is 6.18. The molecule has 1 aliphatic heterocycles. The number of rotatable bonds is 3. The molecule has 1 heterocycles. The van der Waals surface area contributed by atoms with E-state index in [1.165, 1.54) is 5.56 Å². The number of nitrogens with one attached hydrogen (secondary N) is 1. The summed E-state index contributed by atoms with van der Waals surface area (Å²) >= 11 is 0. The monoisotopic (exact) mass is 280 g/mol. The fraction of sp³-hybridized carbons (Fsp3) is 0.278. The van der Waals surface area contributed by atoms with Crippen LogP contribution in [-0.4, -0.2) is 5.91 Å². The molecular weight excluding hydrogens is 260 g/mol. The third kappa shape index (κ3) is 2.45. The SMILES string of the molecule is CC1(C)C(=O)Nc2ccc(C(N)Cc3ccccc3)cc21. The van der Waals surface area contributed by atoms with Crippen molar-refractivity contribution in [3.8, 4) is 0 Å². The van der Waals surface area contributed by atoms with Crippen molar-refractivity contribution in [1.29, 1.82) is 0 Å². The Hall–Kier alpha value is -2.13. The third-order valence-electron chi connectivity index (χ3n) is 4.26. The predicted octanol–water partition coefficient (Wildman–Crippen LogP) is 3.16. The Morgan fingerprint density at radius 2 is 1.86 bits per heavy atom. The van der Waals surface area contributed by atoms with Gasteiger partial charge < -0.3 is 11.1 Å². The number of benzene rings is 2. The van der Waals surface area contributed by atoms with E-state index in [9.17, 15) is 4.79 Å². The fourth-order valence-corrected chi connectivity index (χ4v) is 2.81. The molecule has 0 fully saturated rings. The zero-order valence-electron chi connectivity index (χ0n) is 12.4. The zero-order valence-corrected chi connectivity index (χ0v) is 12.4. The average Bonchev–Trinajstić information content (AvgIpc) is 2.70. The summed E-state index contributed by atoms with van der Waals surface area (Å²) in [6.07, 6.45) is 0.793. The zero-order chi connectivity index (χ0) is 15.0. The van der Waals surface area contributed by atoms with E-state index in [4.69, 9.17) is 5.73 Å². The molecule has 3 heteroatoms. The van der Waals surface area contributed by atoms with Gasteiger partial charge in [-0.15, -0.1) is 0 Å². The van der Waals surface area contributed by atoms with Crippen molar-refractivity contribution < 1.29 is 4.79 Å². The van der Waals surface area contributed by atoms with Crippen LogP contribution in [0.15, 0.2) is 48.5 Å². The molecule has 21 heavy (non-hydrogen) atoms. The number of amides is 1. The molecule has 0 saturated carbocycles. The van der Waals surface area contributed by atoms with Crippen LogP contribution in [0, 0.1) is 0 Å². The van der Waals surface area contributed by atoms with Gasteiger partial charge in [-0.2, -0.15) is 0 Å². The van der Waals surface area contributed by atoms with Crippen LogP contribution in [0.3, 0.4) is 0 Å². The molecule has 1 aliphatic rings. The molecule has 0 spiro atoms. The van der Waals surface area contributed by atoms with Gasteiger partial charge in [-0.25, -0.2) is 0 Å². The maximum Gasteiger partial charge on any atom is 0.234 e. The highest BCUT2D eigenvalue weighted by molar-refractivity contribution is 6.05. The second kappa shape index (κ2) is 5.01. The van der Waals surface area contributed by atoms with E-state index in [-0.39, 0.29) is 11.9 Å². The minimum atomic E-state index is -0.488. The molecule has 2 aromatic carbocycles. The molecule has 0 radical (unpaired) electrons. The Morgan fingerprint density at radius 3 is 2.57 bits per heavy atom. The number of carbonyl (C=O) groups excluding carboxylic acids is 1. The standard InChI is InChI=1S/C18H20N2O/c1-18(2)14-11-13(8-9-16(14)20-17(18)21)15(19)10-12-6-4-3-5-7-12/h3-9,11,15H,10,19H2,1-2H3,(H,20,21). The lowest BCUT2D eigenvalue weighted by Gasteiger charge is -2.18. The molecular formula is C18H20N2O. The van der Waals surface area contributed by atoms with Gasteiger partial charge in [0.25, 0.3) is 0 Å². The van der Waals surface area contributed by atoms with Gasteiger partial charge in [0.15, 0.2) is 0 Å². The van der Waals surface area contributed by atoms with Crippen molar-refractivity contribution in [2.24, 2.45) is 5.73 Å². The Bertz CT molecular complexity index is 677. The first-order chi connectivity index (χ1) is 9.98. The molecule has 3 N–H and O–H groups in total. The van der Waals surface area contributed by atoms with E-state index < -0.39 is 5.41 Å². The normalized spacial score (nSPS) is 17.2. The molecule has 3 rings (SSSR count). The molecule has 0 aliphatic carbocycles. The molecule has 3 nitrogen and oxygen atoms in total. The van der Waals surface area contributed by atoms with Crippen molar-refractivity contribution >= 4 is 11.6 Å². The highest BCUT2D eigenvalue weighted by atomic mass is 16.2. The lowest BCUT2D eigenvalue weighted by Crippen LogP contribution is -2.27. The van der Waals surface area contributed by atoms with Crippen molar-refractivity contribution in [3.05, 3.63) is 65.2 Å². The minimum Gasteiger partial charge on any atom is -0.325 e. The average molecular weight is 280 g/mol. The Balaban J connectivity index is 1.88. The lowest BCUT2D eigenvalue weighted by molar-refractivity contribution is -0.119. The van der Waals surface area contributed by atoms with Crippen LogP contribution in [0.1, 0.15) is 36.6 Å². The van der Waals surface area contributed by atoms with E-state index in [2.05, 4.69) is 23.5 Å². The first-order valence-corrected chi connectivity index (χ1v) is 7.24. The number of anilines is 1. The number of carbonyl (C=O) groups is 1. The van der Waals surface area contributed by atoms with Crippen LogP contribution in [0.4, 0.5) is 5.69 Å². The quantitative estimate of drug-likeness (QED) is 0.907. The number of hydrogen-bond acceptors (Lipinski definition) is 2. The van der Waals surface area contributed by atoms with Crippen LogP contribution in [0.5, 0.6) is 0 Å². The van der Waals surface area contributed by atoms with E-state index in [0.717, 1.165) is 23.2 Å². The Kier molecular flexibility index (Phi) is 3.30. The lowest BCUT2D eigenvalue weighted by atomic mass is 9.84. The van der Waals surface area contributed by atoms with Crippen molar-refractivity contribution in [1.82, 2.24) is 0 Å². The van der Waals surface area contributed by atoms with E-state index in [1.807, 2.05) is 44.2 Å². The molecule has 0 aromatic heterocycles. The van der Waals surface area contributed by atoms with Gasteiger partial charge in [-0.05, 0) is 43.0 Å². The van der Waals surface area contributed by atoms with Crippen LogP contribution in [0.25, 0.3) is 0 Å². The van der Waals surface area contributed by atoms with Gasteiger partial charge >= 0.3 is 0 Å². The highest BCUT2D eigenvalue weighted by Gasteiger charge is 2.38. The molecule has 0 bridgehead atoms. The Labute approximate surface area is 125 Å². The minimum absolute atomic E-state index is 0.0475. The van der Waals surface area contributed by atoms with E-state index in [0.29, 0.717) is 0 Å². The van der Waals surface area contributed by atoms with Crippen LogP contribution in [0.2, 0.25) is 0 Å². The summed E-state index contributed by atoms with van der Waals surface area (Å²) in [5.41, 5.74) is 10.1. The molecule has 108 valence electrons. The number of fused-ring (bicyclic) bond motifs is 1. The maximum atomic E-state index is 12.0. The first-order valence-electron chi connectivity index (χ1n) is 7.24. The van der Waals surface area contributed by atoms with Gasteiger partial charge in [0.1, 0.15) is 0 Å². The summed E-state index contributed by atoms with van der Waals surface area (Å²) in [5.74, 6) is 0.0475. The first kappa shape index (κ1) is 13.8. The largest absolute Gasteiger partial charge is 0.325 e. The van der Waals surface area contributed by atoms with Gasteiger partial charge in [-0.3, -0.25) is 4.79 Å². The van der Waals surface area contributed by atoms with Crippen LogP contribution >= 0.6 is 0 Å². The van der Waals surface area contributed by atoms with E-state index >= 15 is 0 Å². The van der Waals surface area contributed by atoms with Gasteiger partial charge in [0.2, 0.25) is 5.91 Å². The van der Waals surface area contributed by atoms with Gasteiger partial charge in [0, 0.05) is 11.7 Å². The summed E-state index contributed by atoms with van der Waals surface area (Å²) < 4.78 is 0. The third-order valence-corrected chi connectivity index (χ3v) is 4.26. The van der Waals surface area contributed by atoms with Gasteiger partial charge in [-0.1, -0.05) is 42.5 Å². The fourth-order valence-electron chi connectivity index (χ4n) is 2.81. The summed E-state index contributed by atoms with van der Waals surface area (Å²) in [7, 11) is 0. The Morgan fingerprint density at radius 1 is 1.14 bits per heavy atom. The van der Waals surface area contributed by atoms with Gasteiger partial charge in [0.05, 0.1) is 5.41 Å². The molecule has 2 aromatic rings. The second-order valence-corrected chi connectivity index (χ2v) is 6.18. The summed E-state index contributed by atoms with van der Waals surface area (Å²) in [5, 5.41) is 2.92. The number of nitrogens with two attached hydrogens (primary N) is 1. The summed E-state index contributed by atoms with van der Waals surface area (Å²) in [6, 6.07) is 16.2. The molecule has 1 atom stereocenters. The molecule has 0 saturated heterocycles. The van der Waals surface area contributed by atoms with Crippen LogP contribution in [-0.2, 0) is 16.6 Å². The van der Waals surface area contributed by atoms with Crippen LogP contribution < -0.4 is 11.1 Å². The smallest absolute Gasteiger partial charge is 0.234 e.